The zero-order chi connectivity index (χ0) is 16.3. The van der Waals surface area contributed by atoms with E-state index in [4.69, 9.17) is 22.5 Å². The number of sulfonamides is 1. The first-order valence-electron chi connectivity index (χ1n) is 6.23. The summed E-state index contributed by atoms with van der Waals surface area (Å²) in [5.74, 6) is -0.780. The summed E-state index contributed by atoms with van der Waals surface area (Å²) in [6.07, 6.45) is 0. The Morgan fingerprint density at radius 2 is 1.82 bits per heavy atom. The molecule has 0 aliphatic heterocycles. The van der Waals surface area contributed by atoms with Gasteiger partial charge in [0.05, 0.1) is 10.6 Å². The highest BCUT2D eigenvalue weighted by molar-refractivity contribution is 7.89. The number of amides is 1. The fourth-order valence-corrected chi connectivity index (χ4v) is 3.01. The van der Waals surface area contributed by atoms with Gasteiger partial charge in [0.1, 0.15) is 4.90 Å². The summed E-state index contributed by atoms with van der Waals surface area (Å²) < 4.78 is 22.9. The van der Waals surface area contributed by atoms with Gasteiger partial charge in [0.2, 0.25) is 10.0 Å². The monoisotopic (exact) mass is 339 g/mol. The summed E-state index contributed by atoms with van der Waals surface area (Å²) in [4.78, 5) is 11.2. The SMILES string of the molecule is NC(=O)c1cc(S(N)(=O)=O)c(Cl)cc1NCc1ccccc1. The molecule has 1 amide bonds. The number of benzene rings is 2. The molecule has 0 bridgehead atoms. The molecule has 2 aromatic rings. The van der Waals surface area contributed by atoms with Crippen LogP contribution in [0.25, 0.3) is 0 Å². The van der Waals surface area contributed by atoms with Crippen LogP contribution in [0.15, 0.2) is 47.4 Å². The molecule has 0 spiro atoms. The van der Waals surface area contributed by atoms with Crippen LogP contribution in [0.5, 0.6) is 0 Å². The molecule has 0 aliphatic rings. The van der Waals surface area contributed by atoms with Crippen molar-refractivity contribution in [2.75, 3.05) is 5.32 Å². The number of anilines is 1. The van der Waals surface area contributed by atoms with Crippen molar-refractivity contribution in [3.8, 4) is 0 Å². The standard InChI is InChI=1S/C14H14ClN3O3S/c15-11-7-12(18-8-9-4-2-1-3-5-9)10(14(16)19)6-13(11)22(17,20)21/h1-7,18H,8H2,(H2,16,19)(H2,17,20,21). The van der Waals surface area contributed by atoms with E-state index in [9.17, 15) is 13.2 Å². The highest BCUT2D eigenvalue weighted by Crippen LogP contribution is 2.28. The summed E-state index contributed by atoms with van der Waals surface area (Å²) in [6.45, 7) is 0.423. The zero-order valence-electron chi connectivity index (χ0n) is 11.4. The number of hydrogen-bond acceptors (Lipinski definition) is 4. The lowest BCUT2D eigenvalue weighted by atomic mass is 10.1. The van der Waals surface area contributed by atoms with Crippen LogP contribution in [0.3, 0.4) is 0 Å². The molecule has 0 aliphatic carbocycles. The van der Waals surface area contributed by atoms with E-state index in [1.54, 1.807) is 0 Å². The number of carbonyl (C=O) groups is 1. The van der Waals surface area contributed by atoms with Gasteiger partial charge in [0.15, 0.2) is 0 Å². The number of carbonyl (C=O) groups excluding carboxylic acids is 1. The van der Waals surface area contributed by atoms with E-state index in [-0.39, 0.29) is 15.5 Å². The molecule has 22 heavy (non-hydrogen) atoms. The van der Waals surface area contributed by atoms with Crippen LogP contribution in [0.4, 0.5) is 5.69 Å². The average Bonchev–Trinajstić information content (AvgIpc) is 2.44. The Bertz CT molecular complexity index is 808. The third-order valence-electron chi connectivity index (χ3n) is 2.97. The predicted octanol–water partition coefficient (Wildman–Crippen LogP) is 1.70. The Hall–Kier alpha value is -2.09. The third-order valence-corrected chi connectivity index (χ3v) is 4.35. The quantitative estimate of drug-likeness (QED) is 0.768. The molecule has 2 aromatic carbocycles. The molecule has 0 radical (unpaired) electrons. The molecular weight excluding hydrogens is 326 g/mol. The zero-order valence-corrected chi connectivity index (χ0v) is 13.0. The second kappa shape index (κ2) is 6.35. The topological polar surface area (TPSA) is 115 Å². The van der Waals surface area contributed by atoms with Gasteiger partial charge < -0.3 is 11.1 Å². The molecule has 116 valence electrons. The van der Waals surface area contributed by atoms with Crippen LogP contribution < -0.4 is 16.2 Å². The van der Waals surface area contributed by atoms with E-state index < -0.39 is 15.9 Å². The number of primary sulfonamides is 1. The van der Waals surface area contributed by atoms with Gasteiger partial charge in [-0.3, -0.25) is 4.79 Å². The van der Waals surface area contributed by atoms with Crippen LogP contribution >= 0.6 is 11.6 Å². The molecule has 5 N–H and O–H groups in total. The number of nitrogens with two attached hydrogens (primary N) is 2. The van der Waals surface area contributed by atoms with E-state index in [2.05, 4.69) is 5.32 Å². The second-order valence-electron chi connectivity index (χ2n) is 4.58. The highest BCUT2D eigenvalue weighted by atomic mass is 35.5. The van der Waals surface area contributed by atoms with Crippen LogP contribution in [0, 0.1) is 0 Å². The fraction of sp³-hybridized carbons (Fsp3) is 0.0714. The minimum Gasteiger partial charge on any atom is -0.380 e. The maximum Gasteiger partial charge on any atom is 0.250 e. The normalized spacial score (nSPS) is 11.2. The summed E-state index contributed by atoms with van der Waals surface area (Å²) in [5, 5.41) is 7.99. The lowest BCUT2D eigenvalue weighted by Gasteiger charge is -2.13. The van der Waals surface area contributed by atoms with E-state index in [0.29, 0.717) is 12.2 Å². The minimum atomic E-state index is -4.04. The van der Waals surface area contributed by atoms with E-state index in [0.717, 1.165) is 11.6 Å². The molecule has 0 unspecified atom stereocenters. The fourth-order valence-electron chi connectivity index (χ4n) is 1.91. The van der Waals surface area contributed by atoms with Crippen molar-refractivity contribution in [2.45, 2.75) is 11.4 Å². The highest BCUT2D eigenvalue weighted by Gasteiger charge is 2.19. The van der Waals surface area contributed by atoms with Gasteiger partial charge in [-0.15, -0.1) is 0 Å². The van der Waals surface area contributed by atoms with Gasteiger partial charge in [-0.1, -0.05) is 41.9 Å². The van der Waals surface area contributed by atoms with Gasteiger partial charge in [-0.05, 0) is 17.7 Å². The molecule has 8 heteroatoms. The lowest BCUT2D eigenvalue weighted by Crippen LogP contribution is -2.18. The number of hydrogen-bond donors (Lipinski definition) is 3. The molecule has 0 aromatic heterocycles. The van der Waals surface area contributed by atoms with Gasteiger partial charge in [-0.25, -0.2) is 13.6 Å². The summed E-state index contributed by atoms with van der Waals surface area (Å²) in [5.41, 5.74) is 6.61. The van der Waals surface area contributed by atoms with Crippen LogP contribution in [-0.4, -0.2) is 14.3 Å². The van der Waals surface area contributed by atoms with Crippen molar-refractivity contribution in [1.82, 2.24) is 0 Å². The van der Waals surface area contributed by atoms with Crippen molar-refractivity contribution >= 4 is 33.2 Å². The average molecular weight is 340 g/mol. The van der Waals surface area contributed by atoms with Crippen LogP contribution in [0.2, 0.25) is 5.02 Å². The van der Waals surface area contributed by atoms with Crippen molar-refractivity contribution < 1.29 is 13.2 Å². The lowest BCUT2D eigenvalue weighted by molar-refractivity contribution is 0.100. The first-order chi connectivity index (χ1) is 10.3. The molecule has 2 rings (SSSR count). The Labute approximate surface area is 133 Å². The van der Waals surface area contributed by atoms with E-state index >= 15 is 0 Å². The van der Waals surface area contributed by atoms with E-state index in [1.165, 1.54) is 6.07 Å². The van der Waals surface area contributed by atoms with E-state index in [1.807, 2.05) is 30.3 Å². The van der Waals surface area contributed by atoms with Crippen molar-refractivity contribution in [3.05, 3.63) is 58.6 Å². The molecular formula is C14H14ClN3O3S. The maximum atomic E-state index is 11.5. The summed E-state index contributed by atoms with van der Waals surface area (Å²) in [7, 11) is -4.04. The second-order valence-corrected chi connectivity index (χ2v) is 6.51. The molecule has 0 atom stereocenters. The maximum absolute atomic E-state index is 11.5. The van der Waals surface area contributed by atoms with Crippen LogP contribution in [-0.2, 0) is 16.6 Å². The number of halogens is 1. The molecule has 0 heterocycles. The minimum absolute atomic E-state index is 0.00403. The predicted molar refractivity (Wildman–Crippen MR) is 85.1 cm³/mol. The Morgan fingerprint density at radius 3 is 2.36 bits per heavy atom. The van der Waals surface area contributed by atoms with Gasteiger partial charge >= 0.3 is 0 Å². The molecule has 6 nitrogen and oxygen atoms in total. The van der Waals surface area contributed by atoms with Crippen molar-refractivity contribution in [2.24, 2.45) is 10.9 Å². The smallest absolute Gasteiger partial charge is 0.250 e. The molecule has 0 fully saturated rings. The summed E-state index contributed by atoms with van der Waals surface area (Å²) >= 11 is 5.92. The Kier molecular flexibility index (Phi) is 4.70. The Morgan fingerprint density at radius 1 is 1.18 bits per heavy atom. The van der Waals surface area contributed by atoms with Gasteiger partial charge in [0, 0.05) is 12.2 Å². The first-order valence-corrected chi connectivity index (χ1v) is 8.15. The number of primary amides is 1. The third kappa shape index (κ3) is 3.76. The van der Waals surface area contributed by atoms with Gasteiger partial charge in [-0.2, -0.15) is 0 Å². The number of rotatable bonds is 5. The first kappa shape index (κ1) is 16.3. The molecule has 0 saturated carbocycles. The van der Waals surface area contributed by atoms with Gasteiger partial charge in [0.25, 0.3) is 5.91 Å². The summed E-state index contributed by atoms with van der Waals surface area (Å²) in [6, 6.07) is 11.8. The largest absolute Gasteiger partial charge is 0.380 e. The number of nitrogens with one attached hydrogen (secondary N) is 1. The van der Waals surface area contributed by atoms with Crippen molar-refractivity contribution in [1.29, 1.82) is 0 Å². The van der Waals surface area contributed by atoms with Crippen molar-refractivity contribution in [3.63, 3.8) is 0 Å². The van der Waals surface area contributed by atoms with Crippen LogP contribution in [0.1, 0.15) is 15.9 Å². The molecule has 0 saturated heterocycles. The Balaban J connectivity index is 2.39.